The van der Waals surface area contributed by atoms with Crippen LogP contribution in [0.2, 0.25) is 0 Å². The van der Waals surface area contributed by atoms with Gasteiger partial charge >= 0.3 is 0 Å². The lowest BCUT2D eigenvalue weighted by atomic mass is 9.92. The molecule has 0 saturated heterocycles. The molecule has 1 heterocycles. The Kier molecular flexibility index (Phi) is 4.61. The molecule has 2 aromatic rings. The van der Waals surface area contributed by atoms with Crippen LogP contribution in [0.15, 0.2) is 28.7 Å². The van der Waals surface area contributed by atoms with Crippen LogP contribution in [-0.4, -0.2) is 12.3 Å². The number of nitrogens with two attached hydrogens (primary N) is 1. The van der Waals surface area contributed by atoms with Crippen LogP contribution >= 0.6 is 0 Å². The molecule has 0 saturated carbocycles. The van der Waals surface area contributed by atoms with Gasteiger partial charge in [-0.2, -0.15) is 0 Å². The van der Waals surface area contributed by atoms with Crippen molar-refractivity contribution in [3.63, 3.8) is 0 Å². The molecule has 1 atom stereocenters. The summed E-state index contributed by atoms with van der Waals surface area (Å²) in [6.45, 7) is 6.83. The van der Waals surface area contributed by atoms with Crippen LogP contribution in [0.1, 0.15) is 42.8 Å². The summed E-state index contributed by atoms with van der Waals surface area (Å²) in [4.78, 5) is 12.3. The van der Waals surface area contributed by atoms with Gasteiger partial charge < -0.3 is 10.2 Å². The fourth-order valence-corrected chi connectivity index (χ4v) is 2.64. The third kappa shape index (κ3) is 3.28. The van der Waals surface area contributed by atoms with Crippen LogP contribution in [0.5, 0.6) is 0 Å². The van der Waals surface area contributed by atoms with Crippen LogP contribution in [0.4, 0.5) is 0 Å². The highest BCUT2D eigenvalue weighted by molar-refractivity contribution is 5.98. The summed E-state index contributed by atoms with van der Waals surface area (Å²) in [5, 5.41) is 0.988. The summed E-state index contributed by atoms with van der Waals surface area (Å²) in [5.74, 6) is 1.29. The van der Waals surface area contributed by atoms with Gasteiger partial charge in [0.15, 0.2) is 11.5 Å². The predicted molar refractivity (Wildman–Crippen MR) is 81.9 cm³/mol. The van der Waals surface area contributed by atoms with E-state index >= 15 is 0 Å². The summed E-state index contributed by atoms with van der Waals surface area (Å²) >= 11 is 0. The number of hydrogen-bond donors (Lipinski definition) is 1. The Bertz CT molecular complexity index is 598. The van der Waals surface area contributed by atoms with Crippen molar-refractivity contribution < 1.29 is 9.21 Å². The van der Waals surface area contributed by atoms with Crippen molar-refractivity contribution in [3.05, 3.63) is 35.6 Å². The molecule has 1 unspecified atom stereocenters. The molecule has 0 aliphatic heterocycles. The molecule has 0 amide bonds. The number of benzene rings is 1. The molecule has 2 N–H and O–H groups in total. The van der Waals surface area contributed by atoms with E-state index in [9.17, 15) is 4.79 Å². The van der Waals surface area contributed by atoms with Gasteiger partial charge in [0, 0.05) is 11.8 Å². The first-order valence-corrected chi connectivity index (χ1v) is 7.23. The van der Waals surface area contributed by atoms with E-state index in [0.717, 1.165) is 23.0 Å². The standard InChI is InChI=1S/C17H23NO2/c1-11(2)7-13(10-18)8-15(19)16-9-14-6-4-5-12(3)17(14)20-16/h4-6,9,11,13H,7-8,10,18H2,1-3H3. The highest BCUT2D eigenvalue weighted by atomic mass is 16.3. The van der Waals surface area contributed by atoms with Crippen LogP contribution < -0.4 is 5.73 Å². The Labute approximate surface area is 120 Å². The summed E-state index contributed by atoms with van der Waals surface area (Å²) in [6, 6.07) is 7.77. The van der Waals surface area contributed by atoms with Gasteiger partial charge in [-0.05, 0) is 43.4 Å². The molecular formula is C17H23NO2. The highest BCUT2D eigenvalue weighted by Gasteiger charge is 2.18. The van der Waals surface area contributed by atoms with Gasteiger partial charge in [0.25, 0.3) is 0 Å². The van der Waals surface area contributed by atoms with E-state index < -0.39 is 0 Å². The summed E-state index contributed by atoms with van der Waals surface area (Å²) < 4.78 is 5.72. The van der Waals surface area contributed by atoms with E-state index in [1.807, 2.05) is 31.2 Å². The quantitative estimate of drug-likeness (QED) is 0.811. The molecule has 0 aliphatic rings. The second kappa shape index (κ2) is 6.23. The average molecular weight is 273 g/mol. The zero-order chi connectivity index (χ0) is 14.7. The van der Waals surface area contributed by atoms with Crippen LogP contribution in [-0.2, 0) is 0 Å². The lowest BCUT2D eigenvalue weighted by Crippen LogP contribution is -2.19. The van der Waals surface area contributed by atoms with Gasteiger partial charge in [0.2, 0.25) is 0 Å². The first-order chi connectivity index (χ1) is 9.51. The molecule has 1 aromatic carbocycles. The Morgan fingerprint density at radius 2 is 2.10 bits per heavy atom. The molecule has 0 spiro atoms. The highest BCUT2D eigenvalue weighted by Crippen LogP contribution is 2.25. The number of ketones is 1. The van der Waals surface area contributed by atoms with Crippen LogP contribution in [0.25, 0.3) is 11.0 Å². The lowest BCUT2D eigenvalue weighted by molar-refractivity contribution is 0.0932. The minimum Gasteiger partial charge on any atom is -0.453 e. The molecule has 108 valence electrons. The zero-order valence-corrected chi connectivity index (χ0v) is 12.5. The third-order valence-corrected chi connectivity index (χ3v) is 3.63. The Morgan fingerprint density at radius 1 is 1.35 bits per heavy atom. The Morgan fingerprint density at radius 3 is 2.70 bits per heavy atom. The van der Waals surface area contributed by atoms with Crippen molar-refractivity contribution in [1.29, 1.82) is 0 Å². The topological polar surface area (TPSA) is 56.2 Å². The van der Waals surface area contributed by atoms with Gasteiger partial charge in [-0.15, -0.1) is 0 Å². The van der Waals surface area contributed by atoms with E-state index in [4.69, 9.17) is 10.2 Å². The molecule has 3 nitrogen and oxygen atoms in total. The molecule has 0 aliphatic carbocycles. The van der Waals surface area contributed by atoms with Crippen molar-refractivity contribution in [3.8, 4) is 0 Å². The largest absolute Gasteiger partial charge is 0.453 e. The van der Waals surface area contributed by atoms with Crippen molar-refractivity contribution in [1.82, 2.24) is 0 Å². The van der Waals surface area contributed by atoms with Gasteiger partial charge in [-0.1, -0.05) is 32.0 Å². The minimum atomic E-state index is 0.0525. The smallest absolute Gasteiger partial charge is 0.198 e. The molecule has 0 bridgehead atoms. The fourth-order valence-electron chi connectivity index (χ4n) is 2.64. The maximum atomic E-state index is 12.3. The van der Waals surface area contributed by atoms with Gasteiger partial charge in [-0.25, -0.2) is 0 Å². The number of rotatable bonds is 6. The van der Waals surface area contributed by atoms with Gasteiger partial charge in [0.1, 0.15) is 5.58 Å². The van der Waals surface area contributed by atoms with Crippen LogP contribution in [0, 0.1) is 18.8 Å². The molecule has 0 fully saturated rings. The number of fused-ring (bicyclic) bond motifs is 1. The average Bonchev–Trinajstić information content (AvgIpc) is 2.83. The number of carbonyl (C=O) groups is 1. The number of aryl methyl sites for hydroxylation is 1. The molecule has 20 heavy (non-hydrogen) atoms. The maximum Gasteiger partial charge on any atom is 0.198 e. The van der Waals surface area contributed by atoms with Gasteiger partial charge in [0.05, 0.1) is 0 Å². The summed E-state index contributed by atoms with van der Waals surface area (Å²) in [6.07, 6.45) is 1.44. The van der Waals surface area contributed by atoms with Crippen LogP contribution in [0.3, 0.4) is 0 Å². The monoisotopic (exact) mass is 273 g/mol. The Hall–Kier alpha value is -1.61. The second-order valence-electron chi connectivity index (χ2n) is 5.96. The minimum absolute atomic E-state index is 0.0525. The van der Waals surface area contributed by atoms with E-state index in [1.165, 1.54) is 0 Å². The molecular weight excluding hydrogens is 250 g/mol. The molecule has 3 heteroatoms. The summed E-state index contributed by atoms with van der Waals surface area (Å²) in [5.41, 5.74) is 7.63. The van der Waals surface area contributed by atoms with Crippen molar-refractivity contribution in [2.45, 2.75) is 33.6 Å². The van der Waals surface area contributed by atoms with E-state index in [1.54, 1.807) is 0 Å². The van der Waals surface area contributed by atoms with Crippen molar-refractivity contribution in [2.24, 2.45) is 17.6 Å². The number of Topliss-reactive ketones (excluding diaryl/α,β-unsaturated/α-hetero) is 1. The summed E-state index contributed by atoms with van der Waals surface area (Å²) in [7, 11) is 0. The van der Waals surface area contributed by atoms with E-state index in [0.29, 0.717) is 24.6 Å². The SMILES string of the molecule is Cc1cccc2cc(C(=O)CC(CN)CC(C)C)oc12. The predicted octanol–water partition coefficient (Wildman–Crippen LogP) is 3.94. The molecule has 0 radical (unpaired) electrons. The molecule has 1 aromatic heterocycles. The van der Waals surface area contributed by atoms with E-state index in [-0.39, 0.29) is 11.7 Å². The third-order valence-electron chi connectivity index (χ3n) is 3.63. The van der Waals surface area contributed by atoms with Crippen molar-refractivity contribution in [2.75, 3.05) is 6.54 Å². The van der Waals surface area contributed by atoms with Gasteiger partial charge in [-0.3, -0.25) is 4.79 Å². The normalized spacial score (nSPS) is 13.1. The second-order valence-corrected chi connectivity index (χ2v) is 5.96. The number of furan rings is 1. The van der Waals surface area contributed by atoms with Crippen molar-refractivity contribution >= 4 is 16.8 Å². The number of carbonyl (C=O) groups excluding carboxylic acids is 1. The van der Waals surface area contributed by atoms with E-state index in [2.05, 4.69) is 13.8 Å². The maximum absolute atomic E-state index is 12.3. The molecule has 2 rings (SSSR count). The number of hydrogen-bond acceptors (Lipinski definition) is 3. The first-order valence-electron chi connectivity index (χ1n) is 7.23. The Balaban J connectivity index is 2.16. The first kappa shape index (κ1) is 14.8. The zero-order valence-electron chi connectivity index (χ0n) is 12.5. The lowest BCUT2D eigenvalue weighted by Gasteiger charge is -2.15. The fraction of sp³-hybridized carbons (Fsp3) is 0.471. The number of para-hydroxylation sites is 1.